The first-order valence-electron chi connectivity index (χ1n) is 5.08. The highest BCUT2D eigenvalue weighted by Gasteiger charge is 2.07. The average Bonchev–Trinajstić information content (AvgIpc) is 2.28. The van der Waals surface area contributed by atoms with Gasteiger partial charge in [0.25, 0.3) is 0 Å². The second-order valence-corrected chi connectivity index (χ2v) is 3.79. The molecular formula is C14H10O. The van der Waals surface area contributed by atoms with E-state index < -0.39 is 0 Å². The van der Waals surface area contributed by atoms with Gasteiger partial charge in [0.1, 0.15) is 0 Å². The number of allylic oxidation sites excluding steroid dienone is 2. The lowest BCUT2D eigenvalue weighted by molar-refractivity contribution is -0.109. The molecule has 0 heterocycles. The quantitative estimate of drug-likeness (QED) is 0.607. The molecule has 0 bridgehead atoms. The van der Waals surface area contributed by atoms with Crippen LogP contribution in [0.25, 0.3) is 24.3 Å². The third-order valence-electron chi connectivity index (χ3n) is 2.83. The molecule has 1 nitrogen and oxygen atoms in total. The lowest BCUT2D eigenvalue weighted by atomic mass is 9.95. The van der Waals surface area contributed by atoms with Gasteiger partial charge in [0.05, 0.1) is 0 Å². The summed E-state index contributed by atoms with van der Waals surface area (Å²) in [6, 6.07) is 4.10. The number of carbonyl (C=O) groups is 1. The van der Waals surface area contributed by atoms with E-state index >= 15 is 0 Å². The first kappa shape index (κ1) is 8.42. The molecule has 2 aliphatic carbocycles. The summed E-state index contributed by atoms with van der Waals surface area (Å²) in [5, 5.41) is 2.30. The highest BCUT2D eigenvalue weighted by Crippen LogP contribution is 2.10. The summed E-state index contributed by atoms with van der Waals surface area (Å²) < 4.78 is 0. The molecule has 0 spiro atoms. The summed E-state index contributed by atoms with van der Waals surface area (Å²) in [7, 11) is 0. The van der Waals surface area contributed by atoms with E-state index in [1.54, 1.807) is 12.2 Å². The predicted octanol–water partition coefficient (Wildman–Crippen LogP) is 1.26. The lowest BCUT2D eigenvalue weighted by Crippen LogP contribution is -2.21. The van der Waals surface area contributed by atoms with Crippen molar-refractivity contribution in [1.29, 1.82) is 0 Å². The Bertz CT molecular complexity index is 615. The number of rotatable bonds is 0. The first-order chi connectivity index (χ1) is 7.34. The zero-order chi connectivity index (χ0) is 10.3. The molecule has 3 rings (SSSR count). The highest BCUT2D eigenvalue weighted by molar-refractivity contribution is 6.17. The van der Waals surface area contributed by atoms with E-state index in [2.05, 4.69) is 24.3 Å². The van der Waals surface area contributed by atoms with E-state index in [1.807, 2.05) is 12.1 Å². The van der Waals surface area contributed by atoms with Crippen molar-refractivity contribution in [1.82, 2.24) is 0 Å². The van der Waals surface area contributed by atoms with Crippen LogP contribution in [-0.2, 0) is 4.79 Å². The third-order valence-corrected chi connectivity index (χ3v) is 2.83. The Kier molecular flexibility index (Phi) is 1.72. The molecular weight excluding hydrogens is 184 g/mol. The van der Waals surface area contributed by atoms with E-state index in [0.29, 0.717) is 0 Å². The molecule has 72 valence electrons. The van der Waals surface area contributed by atoms with Crippen LogP contribution in [0.1, 0.15) is 17.5 Å². The van der Waals surface area contributed by atoms with Crippen LogP contribution >= 0.6 is 0 Å². The number of hydrogen-bond acceptors (Lipinski definition) is 1. The van der Waals surface area contributed by atoms with Gasteiger partial charge in [-0.2, -0.15) is 0 Å². The van der Waals surface area contributed by atoms with Gasteiger partial charge in [0, 0.05) is 0 Å². The number of benzene rings is 1. The van der Waals surface area contributed by atoms with E-state index in [-0.39, 0.29) is 5.78 Å². The van der Waals surface area contributed by atoms with Crippen molar-refractivity contribution >= 4 is 30.1 Å². The van der Waals surface area contributed by atoms with Crippen LogP contribution in [-0.4, -0.2) is 5.78 Å². The van der Waals surface area contributed by atoms with Crippen molar-refractivity contribution in [3.8, 4) is 0 Å². The van der Waals surface area contributed by atoms with E-state index in [0.717, 1.165) is 11.6 Å². The van der Waals surface area contributed by atoms with Gasteiger partial charge in [0.15, 0.2) is 5.78 Å². The van der Waals surface area contributed by atoms with Crippen LogP contribution in [0.2, 0.25) is 0 Å². The Morgan fingerprint density at radius 3 is 2.67 bits per heavy atom. The topological polar surface area (TPSA) is 17.1 Å². The molecule has 1 aromatic rings. The van der Waals surface area contributed by atoms with Crippen molar-refractivity contribution in [2.24, 2.45) is 0 Å². The molecule has 1 heteroatoms. The number of ketones is 1. The number of hydrogen-bond donors (Lipinski definition) is 0. The van der Waals surface area contributed by atoms with Gasteiger partial charge in [0.2, 0.25) is 0 Å². The minimum Gasteiger partial charge on any atom is -0.290 e. The number of fused-ring (bicyclic) bond motifs is 3. The Balaban J connectivity index is 2.44. The zero-order valence-corrected chi connectivity index (χ0v) is 8.23. The summed E-state index contributed by atoms with van der Waals surface area (Å²) in [6.07, 6.45) is 12.7. The molecule has 0 saturated heterocycles. The molecule has 2 aliphatic rings. The van der Waals surface area contributed by atoms with Crippen LogP contribution in [0.15, 0.2) is 24.3 Å². The van der Waals surface area contributed by atoms with Crippen LogP contribution < -0.4 is 10.4 Å². The fourth-order valence-corrected chi connectivity index (χ4v) is 2.09. The summed E-state index contributed by atoms with van der Waals surface area (Å²) in [4.78, 5) is 11.2. The Morgan fingerprint density at radius 2 is 1.73 bits per heavy atom. The van der Waals surface area contributed by atoms with Crippen LogP contribution in [0, 0.1) is 0 Å². The smallest absolute Gasteiger partial charge is 0.179 e. The summed E-state index contributed by atoms with van der Waals surface area (Å²) in [5.41, 5.74) is 2.40. The summed E-state index contributed by atoms with van der Waals surface area (Å²) in [6.45, 7) is 0. The van der Waals surface area contributed by atoms with Crippen molar-refractivity contribution in [2.75, 3.05) is 0 Å². The fraction of sp³-hybridized carbons (Fsp3) is 0.0714. The van der Waals surface area contributed by atoms with E-state index in [1.165, 1.54) is 16.3 Å². The SMILES string of the molecule is O=C1C=Cc2c3c(ccc2=C1)=CCC=C3. The maximum Gasteiger partial charge on any atom is 0.179 e. The zero-order valence-electron chi connectivity index (χ0n) is 8.23. The standard InChI is InChI=1S/C14H10O/c15-12-7-8-14-11(9-12)6-5-10-3-1-2-4-13(10)14/h2-9H,1H2. The van der Waals surface area contributed by atoms with Crippen molar-refractivity contribution in [3.05, 3.63) is 45.8 Å². The molecule has 15 heavy (non-hydrogen) atoms. The lowest BCUT2D eigenvalue weighted by Gasteiger charge is -2.09. The molecule has 0 saturated carbocycles. The van der Waals surface area contributed by atoms with E-state index in [4.69, 9.17) is 0 Å². The number of carbonyl (C=O) groups excluding carboxylic acids is 1. The Morgan fingerprint density at radius 1 is 0.933 bits per heavy atom. The fourth-order valence-electron chi connectivity index (χ4n) is 2.09. The summed E-state index contributed by atoms with van der Waals surface area (Å²) in [5.74, 6) is 0.0752. The molecule has 0 aliphatic heterocycles. The largest absolute Gasteiger partial charge is 0.290 e. The minimum absolute atomic E-state index is 0.0752. The second-order valence-electron chi connectivity index (χ2n) is 3.79. The Hall–Kier alpha value is -1.89. The first-order valence-corrected chi connectivity index (χ1v) is 5.08. The van der Waals surface area contributed by atoms with Gasteiger partial charge in [-0.1, -0.05) is 30.4 Å². The van der Waals surface area contributed by atoms with Gasteiger partial charge in [-0.15, -0.1) is 0 Å². The molecule has 0 unspecified atom stereocenters. The predicted molar refractivity (Wildman–Crippen MR) is 62.3 cm³/mol. The highest BCUT2D eigenvalue weighted by atomic mass is 16.1. The summed E-state index contributed by atoms with van der Waals surface area (Å²) >= 11 is 0. The molecule has 0 fully saturated rings. The van der Waals surface area contributed by atoms with Crippen LogP contribution in [0.3, 0.4) is 0 Å². The molecule has 0 atom stereocenters. The van der Waals surface area contributed by atoms with Crippen molar-refractivity contribution in [2.45, 2.75) is 6.42 Å². The molecule has 0 amide bonds. The van der Waals surface area contributed by atoms with Crippen molar-refractivity contribution in [3.63, 3.8) is 0 Å². The van der Waals surface area contributed by atoms with Crippen LogP contribution in [0.5, 0.6) is 0 Å². The van der Waals surface area contributed by atoms with Gasteiger partial charge in [-0.3, -0.25) is 4.79 Å². The van der Waals surface area contributed by atoms with E-state index in [9.17, 15) is 4.79 Å². The molecule has 0 N–H and O–H groups in total. The molecule has 0 radical (unpaired) electrons. The maximum absolute atomic E-state index is 11.2. The second kappa shape index (κ2) is 3.06. The van der Waals surface area contributed by atoms with Gasteiger partial charge < -0.3 is 0 Å². The normalized spacial score (nSPS) is 16.4. The van der Waals surface area contributed by atoms with Gasteiger partial charge in [-0.05, 0) is 46.2 Å². The van der Waals surface area contributed by atoms with Gasteiger partial charge >= 0.3 is 0 Å². The Labute approximate surface area is 87.7 Å². The van der Waals surface area contributed by atoms with Crippen molar-refractivity contribution < 1.29 is 4.79 Å². The third kappa shape index (κ3) is 1.28. The van der Waals surface area contributed by atoms with Gasteiger partial charge in [-0.25, -0.2) is 0 Å². The minimum atomic E-state index is 0.0752. The average molecular weight is 194 g/mol. The molecule has 1 aromatic carbocycles. The monoisotopic (exact) mass is 194 g/mol. The maximum atomic E-state index is 11.2. The molecule has 0 aromatic heterocycles. The van der Waals surface area contributed by atoms with Crippen LogP contribution in [0.4, 0.5) is 0 Å².